The number of nitrogens with one attached hydrogen (secondary N) is 1. The zero-order chi connectivity index (χ0) is 23.0. The molecule has 0 radical (unpaired) electrons. The SMILES string of the molecule is NC(=O)CCCn1c(C(Nc2nc(N)nc(N)c2Cl)C2CC2)nc2cccc(Cl)c2c1=O. The number of aromatic nitrogens is 4. The van der Waals surface area contributed by atoms with Crippen LogP contribution in [0.2, 0.25) is 10.0 Å². The molecular formula is C20H22Cl2N8O2. The normalized spacial score (nSPS) is 14.4. The fourth-order valence-corrected chi connectivity index (χ4v) is 4.04. The predicted molar refractivity (Wildman–Crippen MR) is 124 cm³/mol. The molecule has 0 bridgehead atoms. The Morgan fingerprint density at radius 3 is 2.66 bits per heavy atom. The van der Waals surface area contributed by atoms with Crippen LogP contribution < -0.4 is 28.1 Å². The number of anilines is 3. The van der Waals surface area contributed by atoms with Crippen LogP contribution in [0, 0.1) is 5.92 Å². The first-order valence-corrected chi connectivity index (χ1v) is 10.8. The summed E-state index contributed by atoms with van der Waals surface area (Å²) in [6.07, 6.45) is 2.37. The number of amides is 1. The van der Waals surface area contributed by atoms with Crippen molar-refractivity contribution in [1.29, 1.82) is 0 Å². The second-order valence-corrected chi connectivity index (χ2v) is 8.50. The van der Waals surface area contributed by atoms with Gasteiger partial charge in [-0.3, -0.25) is 14.2 Å². The number of nitrogen functional groups attached to an aromatic ring is 2. The fourth-order valence-electron chi connectivity index (χ4n) is 3.65. The minimum absolute atomic E-state index is 0.0268. The molecule has 0 spiro atoms. The van der Waals surface area contributed by atoms with E-state index in [4.69, 9.17) is 45.4 Å². The van der Waals surface area contributed by atoms with E-state index in [1.54, 1.807) is 18.2 Å². The number of carbonyl (C=O) groups excluding carboxylic acids is 1. The van der Waals surface area contributed by atoms with Gasteiger partial charge in [0.1, 0.15) is 16.7 Å². The number of primary amides is 1. The Morgan fingerprint density at radius 2 is 1.97 bits per heavy atom. The lowest BCUT2D eigenvalue weighted by Gasteiger charge is -2.23. The summed E-state index contributed by atoms with van der Waals surface area (Å²) in [7, 11) is 0. The van der Waals surface area contributed by atoms with Gasteiger partial charge in [-0.2, -0.15) is 9.97 Å². The molecule has 168 valence electrons. The molecule has 1 unspecified atom stereocenters. The summed E-state index contributed by atoms with van der Waals surface area (Å²) in [4.78, 5) is 37.5. The standard InChI is InChI=1S/C20H22Cl2N8O2/c21-10-3-1-4-11-13(10)19(32)30(8-2-5-12(23)31)18(26-11)15(9-6-7-9)27-17-14(22)16(24)28-20(25)29-17/h1,3-4,9,15H,2,5-8H2,(H2,23,31)(H5,24,25,27,28,29). The molecule has 3 aromatic rings. The summed E-state index contributed by atoms with van der Waals surface area (Å²) >= 11 is 12.6. The van der Waals surface area contributed by atoms with Gasteiger partial charge in [0.2, 0.25) is 11.9 Å². The molecule has 0 saturated heterocycles. The van der Waals surface area contributed by atoms with Crippen molar-refractivity contribution in [3.8, 4) is 0 Å². The Hall–Kier alpha value is -3.11. The number of rotatable bonds is 8. The molecule has 4 rings (SSSR count). The van der Waals surface area contributed by atoms with Crippen molar-refractivity contribution in [2.24, 2.45) is 11.7 Å². The number of benzene rings is 1. The topological polar surface area (TPSA) is 168 Å². The van der Waals surface area contributed by atoms with Crippen LogP contribution in [0.3, 0.4) is 0 Å². The van der Waals surface area contributed by atoms with Crippen molar-refractivity contribution in [3.63, 3.8) is 0 Å². The zero-order valence-corrected chi connectivity index (χ0v) is 18.5. The van der Waals surface area contributed by atoms with E-state index in [1.807, 2.05) is 0 Å². The quantitative estimate of drug-likeness (QED) is 0.384. The number of fused-ring (bicyclic) bond motifs is 1. The smallest absolute Gasteiger partial charge is 0.262 e. The van der Waals surface area contributed by atoms with E-state index in [9.17, 15) is 9.59 Å². The molecule has 7 N–H and O–H groups in total. The highest BCUT2D eigenvalue weighted by Crippen LogP contribution is 2.43. The zero-order valence-electron chi connectivity index (χ0n) is 17.0. The van der Waals surface area contributed by atoms with Crippen molar-refractivity contribution in [2.45, 2.75) is 38.3 Å². The van der Waals surface area contributed by atoms with Crippen LogP contribution in [-0.4, -0.2) is 25.4 Å². The summed E-state index contributed by atoms with van der Waals surface area (Å²) < 4.78 is 1.54. The molecule has 12 heteroatoms. The maximum Gasteiger partial charge on any atom is 0.262 e. The minimum Gasteiger partial charge on any atom is -0.382 e. The third-order valence-corrected chi connectivity index (χ3v) is 6.01. The predicted octanol–water partition coefficient (Wildman–Crippen LogP) is 2.49. The summed E-state index contributed by atoms with van der Waals surface area (Å²) in [6, 6.07) is 4.72. The van der Waals surface area contributed by atoms with Gasteiger partial charge in [-0.15, -0.1) is 0 Å². The molecular weight excluding hydrogens is 455 g/mol. The first kappa shape index (κ1) is 22.1. The number of hydrogen-bond donors (Lipinski definition) is 4. The van der Waals surface area contributed by atoms with Crippen molar-refractivity contribution in [2.75, 3.05) is 16.8 Å². The Morgan fingerprint density at radius 1 is 1.22 bits per heavy atom. The molecule has 1 aromatic carbocycles. The van der Waals surface area contributed by atoms with E-state index in [0.717, 1.165) is 12.8 Å². The molecule has 0 aliphatic heterocycles. The monoisotopic (exact) mass is 476 g/mol. The first-order chi connectivity index (χ1) is 15.3. The lowest BCUT2D eigenvalue weighted by molar-refractivity contribution is -0.118. The average molecular weight is 477 g/mol. The van der Waals surface area contributed by atoms with Gasteiger partial charge in [-0.1, -0.05) is 29.3 Å². The lowest BCUT2D eigenvalue weighted by Crippen LogP contribution is -2.31. The molecule has 1 saturated carbocycles. The van der Waals surface area contributed by atoms with Crippen molar-refractivity contribution in [3.05, 3.63) is 44.4 Å². The largest absolute Gasteiger partial charge is 0.382 e. The Bertz CT molecular complexity index is 1260. The Kier molecular flexibility index (Phi) is 6.07. The summed E-state index contributed by atoms with van der Waals surface area (Å²) in [5.74, 6) is 0.520. The fraction of sp³-hybridized carbons (Fsp3) is 0.350. The van der Waals surface area contributed by atoms with E-state index < -0.39 is 11.9 Å². The molecule has 1 amide bonds. The minimum atomic E-state index is -0.443. The third-order valence-electron chi connectivity index (χ3n) is 5.33. The Balaban J connectivity index is 1.84. The van der Waals surface area contributed by atoms with Crippen LogP contribution >= 0.6 is 23.2 Å². The van der Waals surface area contributed by atoms with Gasteiger partial charge in [0.25, 0.3) is 5.56 Å². The van der Waals surface area contributed by atoms with E-state index in [0.29, 0.717) is 28.2 Å². The average Bonchev–Trinajstić information content (AvgIpc) is 3.56. The molecule has 2 heterocycles. The molecule has 1 atom stereocenters. The van der Waals surface area contributed by atoms with Crippen LogP contribution in [0.5, 0.6) is 0 Å². The molecule has 1 fully saturated rings. The van der Waals surface area contributed by atoms with Crippen molar-refractivity contribution >= 4 is 57.6 Å². The first-order valence-electron chi connectivity index (χ1n) is 10.1. The second kappa shape index (κ2) is 8.79. The Labute approximate surface area is 193 Å². The third kappa shape index (κ3) is 4.42. The summed E-state index contributed by atoms with van der Waals surface area (Å²) in [5.41, 5.74) is 17.0. The maximum absolute atomic E-state index is 13.4. The highest BCUT2D eigenvalue weighted by Gasteiger charge is 2.36. The maximum atomic E-state index is 13.4. The van der Waals surface area contributed by atoms with Gasteiger partial charge in [-0.05, 0) is 37.3 Å². The van der Waals surface area contributed by atoms with Crippen LogP contribution in [0.1, 0.15) is 37.5 Å². The number of carbonyl (C=O) groups is 1. The molecule has 2 aromatic heterocycles. The van der Waals surface area contributed by atoms with Gasteiger partial charge >= 0.3 is 0 Å². The lowest BCUT2D eigenvalue weighted by atomic mass is 10.1. The van der Waals surface area contributed by atoms with Crippen molar-refractivity contribution < 1.29 is 4.79 Å². The highest BCUT2D eigenvalue weighted by molar-refractivity contribution is 6.35. The van der Waals surface area contributed by atoms with Crippen LogP contribution in [-0.2, 0) is 11.3 Å². The van der Waals surface area contributed by atoms with Crippen LogP contribution in [0.25, 0.3) is 10.9 Å². The summed E-state index contributed by atoms with van der Waals surface area (Å²) in [5, 5.41) is 4.03. The number of nitrogens with zero attached hydrogens (tertiary/aromatic N) is 4. The molecule has 1 aliphatic rings. The van der Waals surface area contributed by atoms with Gasteiger partial charge in [-0.25, -0.2) is 4.98 Å². The summed E-state index contributed by atoms with van der Waals surface area (Å²) in [6.45, 7) is 0.248. The molecule has 32 heavy (non-hydrogen) atoms. The number of nitrogens with two attached hydrogens (primary N) is 3. The highest BCUT2D eigenvalue weighted by atomic mass is 35.5. The van der Waals surface area contributed by atoms with Gasteiger partial charge in [0, 0.05) is 13.0 Å². The van der Waals surface area contributed by atoms with E-state index in [2.05, 4.69) is 15.3 Å². The van der Waals surface area contributed by atoms with Crippen molar-refractivity contribution in [1.82, 2.24) is 19.5 Å². The second-order valence-electron chi connectivity index (χ2n) is 7.72. The number of halogens is 2. The van der Waals surface area contributed by atoms with Gasteiger partial charge in [0.05, 0.1) is 22.0 Å². The van der Waals surface area contributed by atoms with Gasteiger partial charge < -0.3 is 22.5 Å². The van der Waals surface area contributed by atoms with Gasteiger partial charge in [0.15, 0.2) is 5.82 Å². The van der Waals surface area contributed by atoms with E-state index >= 15 is 0 Å². The van der Waals surface area contributed by atoms with E-state index in [-0.39, 0.29) is 47.0 Å². The van der Waals surface area contributed by atoms with Crippen LogP contribution in [0.15, 0.2) is 23.0 Å². The number of hydrogen-bond acceptors (Lipinski definition) is 8. The van der Waals surface area contributed by atoms with E-state index in [1.165, 1.54) is 4.57 Å². The molecule has 1 aliphatic carbocycles. The van der Waals surface area contributed by atoms with Crippen LogP contribution in [0.4, 0.5) is 17.6 Å². The molecule has 10 nitrogen and oxygen atoms in total.